The second-order valence-corrected chi connectivity index (χ2v) is 4.76. The van der Waals surface area contributed by atoms with Gasteiger partial charge in [-0.2, -0.15) is 0 Å². The van der Waals surface area contributed by atoms with Crippen LogP contribution in [0.1, 0.15) is 35.7 Å². The van der Waals surface area contributed by atoms with Gasteiger partial charge in [-0.05, 0) is 38.0 Å². The summed E-state index contributed by atoms with van der Waals surface area (Å²) >= 11 is 0. The standard InChI is InChI=1S/C16H19NO3/c1-2-20-15-10-14(11-15)17-16(19)13-7-3-5-12(9-13)6-4-8-18/h3,5,7,9,14-15,18H,2,8,10-11H2,1H3,(H,17,19). The van der Waals surface area contributed by atoms with Gasteiger partial charge in [-0.1, -0.05) is 17.9 Å². The molecule has 1 aromatic rings. The molecule has 106 valence electrons. The molecule has 4 heteroatoms. The second kappa shape index (κ2) is 7.09. The largest absolute Gasteiger partial charge is 0.384 e. The minimum absolute atomic E-state index is 0.0856. The first kappa shape index (κ1) is 14.6. The lowest BCUT2D eigenvalue weighted by Gasteiger charge is -2.35. The average Bonchev–Trinajstić information content (AvgIpc) is 2.43. The van der Waals surface area contributed by atoms with Crippen LogP contribution in [0.15, 0.2) is 24.3 Å². The Labute approximate surface area is 119 Å². The molecule has 1 amide bonds. The number of aliphatic hydroxyl groups is 1. The zero-order valence-electron chi connectivity index (χ0n) is 11.6. The van der Waals surface area contributed by atoms with Gasteiger partial charge in [-0.3, -0.25) is 4.79 Å². The Morgan fingerprint density at radius 2 is 2.30 bits per heavy atom. The Morgan fingerprint density at radius 3 is 3.00 bits per heavy atom. The van der Waals surface area contributed by atoms with Crippen molar-refractivity contribution in [3.8, 4) is 11.8 Å². The number of nitrogens with one attached hydrogen (secondary N) is 1. The predicted molar refractivity (Wildman–Crippen MR) is 76.3 cm³/mol. The van der Waals surface area contributed by atoms with Gasteiger partial charge in [-0.25, -0.2) is 0 Å². The third-order valence-electron chi connectivity index (χ3n) is 3.27. The fourth-order valence-corrected chi connectivity index (χ4v) is 2.20. The van der Waals surface area contributed by atoms with Gasteiger partial charge in [0, 0.05) is 23.8 Å². The van der Waals surface area contributed by atoms with Crippen molar-refractivity contribution in [1.82, 2.24) is 5.32 Å². The van der Waals surface area contributed by atoms with E-state index in [-0.39, 0.29) is 24.7 Å². The fourth-order valence-electron chi connectivity index (χ4n) is 2.20. The topological polar surface area (TPSA) is 58.6 Å². The monoisotopic (exact) mass is 273 g/mol. The normalized spacial score (nSPS) is 20.5. The van der Waals surface area contributed by atoms with Gasteiger partial charge >= 0.3 is 0 Å². The lowest BCUT2D eigenvalue weighted by molar-refractivity contribution is -0.00862. The molecule has 4 nitrogen and oxygen atoms in total. The van der Waals surface area contributed by atoms with Crippen LogP contribution in [-0.4, -0.2) is 36.4 Å². The zero-order valence-corrected chi connectivity index (χ0v) is 11.6. The molecule has 2 rings (SSSR count). The van der Waals surface area contributed by atoms with Crippen molar-refractivity contribution in [3.63, 3.8) is 0 Å². The molecule has 0 aliphatic heterocycles. The maximum atomic E-state index is 12.1. The Bertz CT molecular complexity index is 524. The van der Waals surface area contributed by atoms with E-state index >= 15 is 0 Å². The summed E-state index contributed by atoms with van der Waals surface area (Å²) in [7, 11) is 0. The van der Waals surface area contributed by atoms with Crippen LogP contribution in [0.2, 0.25) is 0 Å². The van der Waals surface area contributed by atoms with Crippen molar-refractivity contribution in [1.29, 1.82) is 0 Å². The molecule has 2 N–H and O–H groups in total. The lowest BCUT2D eigenvalue weighted by Crippen LogP contribution is -2.47. The van der Waals surface area contributed by atoms with E-state index in [2.05, 4.69) is 17.2 Å². The molecule has 0 bridgehead atoms. The molecule has 1 saturated carbocycles. The van der Waals surface area contributed by atoms with E-state index in [9.17, 15) is 4.79 Å². The molecule has 1 aromatic carbocycles. The van der Waals surface area contributed by atoms with Crippen molar-refractivity contribution in [2.45, 2.75) is 31.9 Å². The van der Waals surface area contributed by atoms with E-state index in [1.54, 1.807) is 18.2 Å². The van der Waals surface area contributed by atoms with Crippen LogP contribution in [-0.2, 0) is 4.74 Å². The highest BCUT2D eigenvalue weighted by molar-refractivity contribution is 5.94. The summed E-state index contributed by atoms with van der Waals surface area (Å²) in [6.07, 6.45) is 2.04. The number of aliphatic hydroxyl groups excluding tert-OH is 1. The molecule has 1 fully saturated rings. The van der Waals surface area contributed by atoms with E-state index in [1.165, 1.54) is 0 Å². The Hall–Kier alpha value is -1.83. The number of carbonyl (C=O) groups excluding carboxylic acids is 1. The molecular formula is C16H19NO3. The minimum atomic E-state index is -0.183. The summed E-state index contributed by atoms with van der Waals surface area (Å²) in [6.45, 7) is 2.51. The van der Waals surface area contributed by atoms with E-state index in [0.717, 1.165) is 25.0 Å². The molecule has 0 radical (unpaired) electrons. The maximum Gasteiger partial charge on any atom is 0.251 e. The smallest absolute Gasteiger partial charge is 0.251 e. The van der Waals surface area contributed by atoms with Crippen LogP contribution < -0.4 is 5.32 Å². The SMILES string of the molecule is CCOC1CC(NC(=O)c2cccc(C#CCO)c2)C1. The number of rotatable bonds is 4. The molecule has 0 aromatic heterocycles. The molecule has 20 heavy (non-hydrogen) atoms. The maximum absolute atomic E-state index is 12.1. The van der Waals surface area contributed by atoms with Crippen molar-refractivity contribution in [3.05, 3.63) is 35.4 Å². The summed E-state index contributed by atoms with van der Waals surface area (Å²) in [5, 5.41) is 11.7. The van der Waals surface area contributed by atoms with Crippen molar-refractivity contribution in [2.75, 3.05) is 13.2 Å². The first-order valence-corrected chi connectivity index (χ1v) is 6.85. The van der Waals surface area contributed by atoms with E-state index in [1.807, 2.05) is 13.0 Å². The fraction of sp³-hybridized carbons (Fsp3) is 0.438. The molecule has 0 heterocycles. The average molecular weight is 273 g/mol. The Morgan fingerprint density at radius 1 is 1.50 bits per heavy atom. The van der Waals surface area contributed by atoms with Crippen molar-refractivity contribution < 1.29 is 14.6 Å². The van der Waals surface area contributed by atoms with Crippen LogP contribution >= 0.6 is 0 Å². The molecule has 0 saturated heterocycles. The number of ether oxygens (including phenoxy) is 1. The van der Waals surface area contributed by atoms with Gasteiger partial charge in [0.25, 0.3) is 5.91 Å². The number of amides is 1. The van der Waals surface area contributed by atoms with Crippen LogP contribution in [0.4, 0.5) is 0 Å². The minimum Gasteiger partial charge on any atom is -0.384 e. The summed E-state index contributed by atoms with van der Waals surface area (Å²) in [4.78, 5) is 12.1. The number of hydrogen-bond acceptors (Lipinski definition) is 3. The highest BCUT2D eigenvalue weighted by atomic mass is 16.5. The third kappa shape index (κ3) is 3.83. The summed E-state index contributed by atoms with van der Waals surface area (Å²) in [5.74, 6) is 5.28. The van der Waals surface area contributed by atoms with Crippen molar-refractivity contribution >= 4 is 5.91 Å². The van der Waals surface area contributed by atoms with Gasteiger partial charge in [0.15, 0.2) is 0 Å². The van der Waals surface area contributed by atoms with Gasteiger partial charge in [0.2, 0.25) is 0 Å². The zero-order chi connectivity index (χ0) is 14.4. The number of hydrogen-bond donors (Lipinski definition) is 2. The third-order valence-corrected chi connectivity index (χ3v) is 3.27. The van der Waals surface area contributed by atoms with E-state index in [4.69, 9.17) is 9.84 Å². The van der Waals surface area contributed by atoms with Crippen LogP contribution in [0, 0.1) is 11.8 Å². The molecule has 0 spiro atoms. The molecule has 1 aliphatic rings. The van der Waals surface area contributed by atoms with E-state index < -0.39 is 0 Å². The summed E-state index contributed by atoms with van der Waals surface area (Å²) in [5.41, 5.74) is 1.32. The predicted octanol–water partition coefficient (Wildman–Crippen LogP) is 1.33. The molecule has 0 unspecified atom stereocenters. The number of benzene rings is 1. The first-order chi connectivity index (χ1) is 9.72. The van der Waals surface area contributed by atoms with Crippen LogP contribution in [0.25, 0.3) is 0 Å². The van der Waals surface area contributed by atoms with Crippen LogP contribution in [0.3, 0.4) is 0 Å². The van der Waals surface area contributed by atoms with Crippen molar-refractivity contribution in [2.24, 2.45) is 0 Å². The molecule has 1 aliphatic carbocycles. The molecular weight excluding hydrogens is 254 g/mol. The van der Waals surface area contributed by atoms with Gasteiger partial charge in [-0.15, -0.1) is 0 Å². The number of carbonyl (C=O) groups is 1. The quantitative estimate of drug-likeness (QED) is 0.814. The first-order valence-electron chi connectivity index (χ1n) is 6.85. The van der Waals surface area contributed by atoms with Crippen LogP contribution in [0.5, 0.6) is 0 Å². The Balaban J connectivity index is 1.90. The van der Waals surface area contributed by atoms with Gasteiger partial charge in [0.1, 0.15) is 6.61 Å². The highest BCUT2D eigenvalue weighted by Crippen LogP contribution is 2.23. The summed E-state index contributed by atoms with van der Waals surface area (Å²) < 4.78 is 5.47. The summed E-state index contributed by atoms with van der Waals surface area (Å²) in [6, 6.07) is 7.30. The molecule has 0 atom stereocenters. The second-order valence-electron chi connectivity index (χ2n) is 4.76. The van der Waals surface area contributed by atoms with Gasteiger partial charge in [0.05, 0.1) is 6.10 Å². The lowest BCUT2D eigenvalue weighted by atomic mass is 9.89. The Kier molecular flexibility index (Phi) is 5.16. The van der Waals surface area contributed by atoms with E-state index in [0.29, 0.717) is 5.56 Å². The highest BCUT2D eigenvalue weighted by Gasteiger charge is 2.30. The van der Waals surface area contributed by atoms with Gasteiger partial charge < -0.3 is 15.2 Å².